The van der Waals surface area contributed by atoms with Crippen LogP contribution in [0.4, 0.5) is 23.2 Å². The van der Waals surface area contributed by atoms with E-state index >= 15 is 4.39 Å². The molecule has 7 amide bonds. The molecule has 2 saturated heterocycles. The Hall–Kier alpha value is -7.51. The minimum Gasteiger partial charge on any atom is -0.471 e. The molecule has 2 aromatic heterocycles. The van der Waals surface area contributed by atoms with Crippen molar-refractivity contribution in [3.8, 4) is 22.9 Å². The van der Waals surface area contributed by atoms with Crippen molar-refractivity contribution >= 4 is 47.0 Å². The Morgan fingerprint density at radius 2 is 1.62 bits per heavy atom. The number of amides is 7. The van der Waals surface area contributed by atoms with Crippen LogP contribution >= 0.6 is 0 Å². The van der Waals surface area contributed by atoms with Gasteiger partial charge in [0.15, 0.2) is 6.17 Å². The lowest BCUT2D eigenvalue weighted by atomic mass is 10.0. The van der Waals surface area contributed by atoms with Crippen LogP contribution in [-0.2, 0) is 46.4 Å². The second-order valence-electron chi connectivity index (χ2n) is 17.4. The molecule has 7 rings (SSSR count). The number of alkyl halides is 4. The number of carbonyl (C=O) groups is 7. The van der Waals surface area contributed by atoms with Gasteiger partial charge in [-0.25, -0.2) is 14.4 Å². The molecule has 0 saturated carbocycles. The molecule has 25 heteroatoms. The molecule has 0 aliphatic carbocycles. The third kappa shape index (κ3) is 14.8. The summed E-state index contributed by atoms with van der Waals surface area (Å²) < 4.78 is 80.9. The summed E-state index contributed by atoms with van der Waals surface area (Å²) in [5.74, 6) is -4.32. The number of hydrogen-bond donors (Lipinski definition) is 4. The van der Waals surface area contributed by atoms with Crippen molar-refractivity contribution in [2.24, 2.45) is 5.73 Å². The summed E-state index contributed by atoms with van der Waals surface area (Å²) in [6.07, 6.45) is -1.12. The first-order chi connectivity index (χ1) is 35.5. The van der Waals surface area contributed by atoms with Gasteiger partial charge in [0, 0.05) is 69.1 Å². The van der Waals surface area contributed by atoms with Crippen LogP contribution in [0.15, 0.2) is 67.3 Å². The molecule has 0 radical (unpaired) electrons. The molecule has 3 aliphatic heterocycles. The first-order valence-corrected chi connectivity index (χ1v) is 23.9. The number of aryl methyl sites for hydroxylation is 1. The number of nitrogens with zero attached hydrogens (tertiary/aromatic N) is 5. The molecule has 2 aromatic carbocycles. The molecule has 5 heterocycles. The van der Waals surface area contributed by atoms with Crippen molar-refractivity contribution in [3.05, 3.63) is 89.5 Å². The van der Waals surface area contributed by atoms with E-state index in [2.05, 4.69) is 30.7 Å². The maximum Gasteiger partial charge on any atom is 0.573 e. The number of benzene rings is 2. The number of halogens is 4. The minimum absolute atomic E-state index is 0.0340. The van der Waals surface area contributed by atoms with Gasteiger partial charge in [0.05, 0.1) is 75.8 Å². The molecule has 3 atom stereocenters. The number of unbranched alkanes of at least 4 members (excludes halogenated alkanes) is 1. The van der Waals surface area contributed by atoms with Gasteiger partial charge in [0.25, 0.3) is 17.7 Å². The number of imide groups is 2. The molecule has 0 bridgehead atoms. The molecule has 2 fully saturated rings. The fourth-order valence-corrected chi connectivity index (χ4v) is 8.34. The smallest absolute Gasteiger partial charge is 0.471 e. The molecule has 74 heavy (non-hydrogen) atoms. The molecule has 4 aromatic rings. The van der Waals surface area contributed by atoms with Crippen LogP contribution in [0.1, 0.15) is 75.2 Å². The van der Waals surface area contributed by atoms with Crippen molar-refractivity contribution in [1.82, 2.24) is 35.0 Å². The highest BCUT2D eigenvalue weighted by atomic mass is 19.4. The number of hydrogen-bond acceptors (Lipinski definition) is 15. The highest BCUT2D eigenvalue weighted by Crippen LogP contribution is 2.33. The van der Waals surface area contributed by atoms with E-state index in [1.54, 1.807) is 24.7 Å². The van der Waals surface area contributed by atoms with Crippen LogP contribution in [0.2, 0.25) is 0 Å². The Balaban J connectivity index is 0.711. The number of anilines is 1. The molecule has 396 valence electrons. The predicted molar refractivity (Wildman–Crippen MR) is 252 cm³/mol. The van der Waals surface area contributed by atoms with Crippen LogP contribution in [0.25, 0.3) is 11.3 Å². The Morgan fingerprint density at radius 1 is 0.878 bits per heavy atom. The van der Waals surface area contributed by atoms with E-state index in [1.165, 1.54) is 35.4 Å². The van der Waals surface area contributed by atoms with Gasteiger partial charge in [-0.3, -0.25) is 43.8 Å². The Kier molecular flexibility index (Phi) is 18.7. The molecule has 21 nitrogen and oxygen atoms in total. The third-order valence-electron chi connectivity index (χ3n) is 12.1. The quantitative estimate of drug-likeness (QED) is 0.0399. The number of fused-ring (bicyclic) bond motifs is 1. The van der Waals surface area contributed by atoms with Crippen LogP contribution < -0.4 is 31.2 Å². The van der Waals surface area contributed by atoms with Crippen LogP contribution in [0, 0.1) is 0 Å². The summed E-state index contributed by atoms with van der Waals surface area (Å²) >= 11 is 0. The lowest BCUT2D eigenvalue weighted by molar-refractivity contribution is -0.274. The number of likely N-dealkylation sites (tertiary alicyclic amines) is 1. The van der Waals surface area contributed by atoms with Gasteiger partial charge >= 0.3 is 6.36 Å². The summed E-state index contributed by atoms with van der Waals surface area (Å²) in [5.41, 5.74) is 7.74. The van der Waals surface area contributed by atoms with Crippen molar-refractivity contribution in [1.29, 1.82) is 0 Å². The molecule has 5 N–H and O–H groups in total. The van der Waals surface area contributed by atoms with Gasteiger partial charge in [0.2, 0.25) is 29.5 Å². The summed E-state index contributed by atoms with van der Waals surface area (Å²) in [5, 5.41) is 8.16. The molecule has 0 spiro atoms. The average molecular weight is 1040 g/mol. The average Bonchev–Trinajstić information content (AvgIpc) is 3.94. The van der Waals surface area contributed by atoms with Gasteiger partial charge < -0.3 is 49.5 Å². The van der Waals surface area contributed by atoms with E-state index in [0.29, 0.717) is 68.4 Å². The lowest BCUT2D eigenvalue weighted by Gasteiger charge is -2.34. The number of nitrogens with one attached hydrogen (secondary N) is 3. The van der Waals surface area contributed by atoms with Crippen LogP contribution in [-0.4, -0.2) is 156 Å². The zero-order valence-electron chi connectivity index (χ0n) is 40.0. The Morgan fingerprint density at radius 3 is 2.34 bits per heavy atom. The summed E-state index contributed by atoms with van der Waals surface area (Å²) in [6.45, 7) is 2.86. The van der Waals surface area contributed by atoms with Gasteiger partial charge in [-0.1, -0.05) is 18.2 Å². The predicted octanol–water partition coefficient (Wildman–Crippen LogP) is 3.35. The first-order valence-electron chi connectivity index (χ1n) is 23.9. The van der Waals surface area contributed by atoms with E-state index in [9.17, 15) is 46.7 Å². The van der Waals surface area contributed by atoms with E-state index < -0.39 is 65.9 Å². The topological polar surface area (TPSA) is 265 Å². The number of piperidine rings is 2. The zero-order chi connectivity index (χ0) is 52.8. The molecular weight excluding hydrogens is 983 g/mol. The number of primary amides is 1. The first kappa shape index (κ1) is 54.3. The third-order valence-corrected chi connectivity index (χ3v) is 12.1. The number of ether oxygens (including phenoxy) is 5. The van der Waals surface area contributed by atoms with Gasteiger partial charge in [-0.15, -0.1) is 13.2 Å². The number of nitrogens with two attached hydrogens (primary N) is 1. The van der Waals surface area contributed by atoms with Crippen molar-refractivity contribution < 1.29 is 74.8 Å². The lowest BCUT2D eigenvalue weighted by Crippen LogP contribution is -2.54. The number of imidazole rings is 1. The normalized spacial score (nSPS) is 17.8. The minimum atomic E-state index is -4.85. The van der Waals surface area contributed by atoms with E-state index in [-0.39, 0.29) is 93.5 Å². The highest BCUT2D eigenvalue weighted by molar-refractivity contribution is 6.25. The maximum absolute atomic E-state index is 15.4. The largest absolute Gasteiger partial charge is 0.573 e. The van der Waals surface area contributed by atoms with Crippen LogP contribution in [0.3, 0.4) is 0 Å². The molecular formula is C49H55F4N9O12. The highest BCUT2D eigenvalue weighted by Gasteiger charge is 2.45. The van der Waals surface area contributed by atoms with Gasteiger partial charge in [0.1, 0.15) is 23.5 Å². The van der Waals surface area contributed by atoms with Crippen molar-refractivity contribution in [2.45, 2.75) is 76.2 Å². The SMILES string of the molecule is NC(=O)c1cc(-c2cn(CCCCNC(=O)CCOCCOCCOCCNc3cccc4c3C(=O)N(C3CCC(=O)NC3=O)C4=O)cn2)cnc1O[C@@H]1CCN(C(=O)Cc2ccc(OC(F)(F)F)cc2)C[C@H]1F. The summed E-state index contributed by atoms with van der Waals surface area (Å²) in [4.78, 5) is 98.7. The number of pyridine rings is 1. The second kappa shape index (κ2) is 25.4. The van der Waals surface area contributed by atoms with E-state index in [4.69, 9.17) is 24.7 Å². The van der Waals surface area contributed by atoms with E-state index in [0.717, 1.165) is 23.5 Å². The van der Waals surface area contributed by atoms with E-state index in [1.807, 2.05) is 4.57 Å². The fraction of sp³-hybridized carbons (Fsp3) is 0.449. The van der Waals surface area contributed by atoms with Gasteiger partial charge in [-0.05, 0) is 55.2 Å². The summed E-state index contributed by atoms with van der Waals surface area (Å²) in [7, 11) is 0. The summed E-state index contributed by atoms with van der Waals surface area (Å²) in [6, 6.07) is 10.1. The van der Waals surface area contributed by atoms with Crippen molar-refractivity contribution in [3.63, 3.8) is 0 Å². The van der Waals surface area contributed by atoms with Crippen molar-refractivity contribution in [2.75, 3.05) is 71.1 Å². The standard InChI is InChI=1S/C49H55F4N9O12/c50-35-27-61(42(65)24-30-6-8-32(9-7-30)74-49(51,52)53)17-12-39(35)73-46-34(44(54)66)25-31(26-57-46)37-28-60(29-58-37)16-2-1-14-56-40(63)13-18-70-20-22-72-23-21-71-19-15-55-36-5-3-4-33-43(36)48(69)62(47(33)68)38-10-11-41(64)59-45(38)67/h3-9,25-26,28-29,35,38-39,55H,1-2,10-24,27H2,(H2,54,66)(H,56,63)(H,59,64,67)/t35-,38?,39-/m1/s1. The fourth-order valence-electron chi connectivity index (χ4n) is 8.34. The van der Waals surface area contributed by atoms with Gasteiger partial charge in [-0.2, -0.15) is 0 Å². The monoisotopic (exact) mass is 1040 g/mol. The zero-order valence-corrected chi connectivity index (χ0v) is 40.0. The Bertz CT molecular complexity index is 2670. The number of carbonyl (C=O) groups excluding carboxylic acids is 7. The maximum atomic E-state index is 15.4. The van der Waals surface area contributed by atoms with Crippen LogP contribution in [0.5, 0.6) is 11.6 Å². The molecule has 3 aliphatic rings. The Labute approximate surface area is 421 Å². The number of aromatic nitrogens is 3. The second-order valence-corrected chi connectivity index (χ2v) is 17.4. The number of rotatable bonds is 26. The molecule has 1 unspecified atom stereocenters.